The lowest BCUT2D eigenvalue weighted by molar-refractivity contribution is -0.870. The zero-order valence-corrected chi connectivity index (χ0v) is 42.5. The molecule has 0 aromatic rings. The van der Waals surface area contributed by atoms with E-state index in [0.29, 0.717) is 17.4 Å². The van der Waals surface area contributed by atoms with Gasteiger partial charge < -0.3 is 27.9 Å². The molecule has 0 bridgehead atoms. The first-order valence-electron chi connectivity index (χ1n) is 26.4. The van der Waals surface area contributed by atoms with Crippen LogP contribution in [-0.2, 0) is 32.7 Å². The lowest BCUT2D eigenvalue weighted by atomic mass is 10.0. The Hall–Kier alpha value is -1.25. The molecule has 0 saturated carbocycles. The van der Waals surface area contributed by atoms with E-state index in [1.54, 1.807) is 0 Å². The molecule has 0 aliphatic carbocycles. The second-order valence-electron chi connectivity index (χ2n) is 19.2. The smallest absolute Gasteiger partial charge is 0.306 e. The van der Waals surface area contributed by atoms with Crippen molar-refractivity contribution in [2.45, 2.75) is 264 Å². The van der Waals surface area contributed by atoms with E-state index in [0.717, 1.165) is 32.1 Å². The van der Waals surface area contributed by atoms with Crippen molar-refractivity contribution in [3.8, 4) is 0 Å². The van der Waals surface area contributed by atoms with Crippen LogP contribution < -0.4 is 4.89 Å². The number of carbonyl (C=O) groups is 2. The molecule has 0 saturated heterocycles. The molecule has 0 heterocycles. The molecule has 62 heavy (non-hydrogen) atoms. The third-order valence-electron chi connectivity index (χ3n) is 11.8. The summed E-state index contributed by atoms with van der Waals surface area (Å²) in [7, 11) is 1.18. The van der Waals surface area contributed by atoms with Gasteiger partial charge in [0.05, 0.1) is 27.7 Å². The maximum atomic E-state index is 12.7. The van der Waals surface area contributed by atoms with Gasteiger partial charge in [0.25, 0.3) is 7.82 Å². The molecule has 2 atom stereocenters. The summed E-state index contributed by atoms with van der Waals surface area (Å²) in [5.74, 6) is -0.819. The van der Waals surface area contributed by atoms with Gasteiger partial charge in [0.1, 0.15) is 19.8 Å². The number of carbonyl (C=O) groups excluding carboxylic acids is 2. The maximum absolute atomic E-state index is 12.7. The summed E-state index contributed by atoms with van der Waals surface area (Å²) in [5, 5.41) is 0. The van der Waals surface area contributed by atoms with Gasteiger partial charge in [-0.1, -0.05) is 219 Å². The normalized spacial score (nSPS) is 13.5. The van der Waals surface area contributed by atoms with Crippen LogP contribution in [0.2, 0.25) is 0 Å². The number of phosphoric acid groups is 1. The monoisotopic (exact) mass is 900 g/mol. The Balaban J connectivity index is 4.13. The van der Waals surface area contributed by atoms with Crippen LogP contribution in [0.1, 0.15) is 258 Å². The standard InChI is InChI=1S/C52H102NO8P/c1-6-8-10-12-14-16-18-20-21-22-23-24-25-26-27-28-29-30-31-33-35-37-39-41-43-45-52(55)61-50(49-60-62(56,57)59-47-46-53(3,4)5)48-58-51(54)44-42-40-38-36-34-32-19-17-15-13-11-9-7-2/h22-23,50H,6-21,24-49H2,1-5H3/b23-22-. The fraction of sp³-hybridized carbons (Fsp3) is 0.923. The quantitative estimate of drug-likeness (QED) is 0.0195. The van der Waals surface area contributed by atoms with Gasteiger partial charge in [-0.2, -0.15) is 0 Å². The summed E-state index contributed by atoms with van der Waals surface area (Å²) >= 11 is 0. The number of phosphoric ester groups is 1. The zero-order chi connectivity index (χ0) is 45.7. The zero-order valence-electron chi connectivity index (χ0n) is 41.6. The minimum absolute atomic E-state index is 0.0270. The summed E-state index contributed by atoms with van der Waals surface area (Å²) < 4.78 is 34.0. The van der Waals surface area contributed by atoms with Crippen molar-refractivity contribution in [1.29, 1.82) is 0 Å². The van der Waals surface area contributed by atoms with Crippen molar-refractivity contribution in [2.24, 2.45) is 0 Å². The van der Waals surface area contributed by atoms with E-state index >= 15 is 0 Å². The molecule has 0 radical (unpaired) electrons. The molecule has 0 N–H and O–H groups in total. The van der Waals surface area contributed by atoms with Crippen molar-refractivity contribution in [2.75, 3.05) is 47.5 Å². The number of ether oxygens (including phenoxy) is 2. The number of nitrogens with zero attached hydrogens (tertiary/aromatic N) is 1. The highest BCUT2D eigenvalue weighted by Gasteiger charge is 2.21. The predicted molar refractivity (Wildman–Crippen MR) is 259 cm³/mol. The molecule has 2 unspecified atom stereocenters. The van der Waals surface area contributed by atoms with Crippen LogP contribution in [0.15, 0.2) is 12.2 Å². The predicted octanol–water partition coefficient (Wildman–Crippen LogP) is 15.1. The fourth-order valence-corrected chi connectivity index (χ4v) is 8.38. The van der Waals surface area contributed by atoms with Gasteiger partial charge in [-0.25, -0.2) is 0 Å². The number of rotatable bonds is 49. The lowest BCUT2D eigenvalue weighted by Crippen LogP contribution is -2.37. The lowest BCUT2D eigenvalue weighted by Gasteiger charge is -2.28. The van der Waals surface area contributed by atoms with Crippen LogP contribution in [0.4, 0.5) is 0 Å². The molecule has 0 aromatic heterocycles. The molecule has 9 nitrogen and oxygen atoms in total. The van der Waals surface area contributed by atoms with Gasteiger partial charge in [0, 0.05) is 12.8 Å². The van der Waals surface area contributed by atoms with Gasteiger partial charge >= 0.3 is 11.9 Å². The van der Waals surface area contributed by atoms with E-state index in [4.69, 9.17) is 18.5 Å². The van der Waals surface area contributed by atoms with Crippen molar-refractivity contribution in [3.63, 3.8) is 0 Å². The highest BCUT2D eigenvalue weighted by molar-refractivity contribution is 7.45. The molecule has 0 aliphatic heterocycles. The minimum Gasteiger partial charge on any atom is -0.756 e. The van der Waals surface area contributed by atoms with Crippen molar-refractivity contribution < 1.29 is 42.1 Å². The number of quaternary nitrogens is 1. The number of hydrogen-bond acceptors (Lipinski definition) is 8. The third kappa shape index (κ3) is 48.2. The summed E-state index contributed by atoms with van der Waals surface area (Å²) in [6, 6.07) is 0. The minimum atomic E-state index is -4.62. The summed E-state index contributed by atoms with van der Waals surface area (Å²) in [5.41, 5.74) is 0. The second kappa shape index (κ2) is 44.9. The van der Waals surface area contributed by atoms with Crippen LogP contribution in [0.25, 0.3) is 0 Å². The van der Waals surface area contributed by atoms with Crippen LogP contribution in [-0.4, -0.2) is 70.0 Å². The Kier molecular flexibility index (Phi) is 44.0. The van der Waals surface area contributed by atoms with E-state index in [1.165, 1.54) is 193 Å². The van der Waals surface area contributed by atoms with E-state index in [1.807, 2.05) is 21.1 Å². The van der Waals surface area contributed by atoms with E-state index in [-0.39, 0.29) is 32.0 Å². The molecular weight excluding hydrogens is 798 g/mol. The van der Waals surface area contributed by atoms with Crippen LogP contribution in [0.3, 0.4) is 0 Å². The SMILES string of the molecule is CCCCCCCCCC/C=C\CCCCCCCCCCCCCCCC(=O)OC(COC(=O)CCCCCCCCCCCCCCC)COP(=O)([O-])OCC[N+](C)(C)C. The molecule has 0 rings (SSSR count). The van der Waals surface area contributed by atoms with Crippen LogP contribution >= 0.6 is 7.82 Å². The van der Waals surface area contributed by atoms with Crippen LogP contribution in [0.5, 0.6) is 0 Å². The molecule has 0 fully saturated rings. The molecule has 368 valence electrons. The fourth-order valence-electron chi connectivity index (χ4n) is 7.65. The van der Waals surface area contributed by atoms with Crippen molar-refractivity contribution >= 4 is 19.8 Å². The number of esters is 2. The topological polar surface area (TPSA) is 111 Å². The molecule has 0 amide bonds. The Morgan fingerprint density at radius 2 is 0.823 bits per heavy atom. The number of unbranched alkanes of at least 4 members (excludes halogenated alkanes) is 33. The largest absolute Gasteiger partial charge is 0.756 e. The molecular formula is C52H102NO8P. The number of likely N-dealkylation sites (N-methyl/N-ethyl adjacent to an activating group) is 1. The van der Waals surface area contributed by atoms with E-state index < -0.39 is 26.5 Å². The Morgan fingerprint density at radius 1 is 0.484 bits per heavy atom. The van der Waals surface area contributed by atoms with E-state index in [9.17, 15) is 19.0 Å². The Labute approximate surface area is 384 Å². The maximum Gasteiger partial charge on any atom is 0.306 e. The Morgan fingerprint density at radius 3 is 1.19 bits per heavy atom. The molecule has 0 aromatic carbocycles. The average molecular weight is 900 g/mol. The first-order chi connectivity index (χ1) is 30.0. The number of allylic oxidation sites excluding steroid dienone is 2. The second-order valence-corrected chi connectivity index (χ2v) is 20.7. The van der Waals surface area contributed by atoms with Crippen molar-refractivity contribution in [3.05, 3.63) is 12.2 Å². The van der Waals surface area contributed by atoms with E-state index in [2.05, 4.69) is 26.0 Å². The molecule has 10 heteroatoms. The highest BCUT2D eigenvalue weighted by atomic mass is 31.2. The first-order valence-corrected chi connectivity index (χ1v) is 27.9. The Bertz CT molecular complexity index is 1060. The number of hydrogen-bond donors (Lipinski definition) is 0. The van der Waals surface area contributed by atoms with Crippen LogP contribution in [0, 0.1) is 0 Å². The van der Waals surface area contributed by atoms with Gasteiger partial charge in [-0.15, -0.1) is 0 Å². The summed E-state index contributed by atoms with van der Waals surface area (Å²) in [6.45, 7) is 4.27. The highest BCUT2D eigenvalue weighted by Crippen LogP contribution is 2.38. The summed E-state index contributed by atoms with van der Waals surface area (Å²) in [6.07, 6.45) is 49.6. The average Bonchev–Trinajstić information content (AvgIpc) is 3.23. The van der Waals surface area contributed by atoms with Gasteiger partial charge in [-0.3, -0.25) is 14.2 Å². The van der Waals surface area contributed by atoms with Gasteiger partial charge in [-0.05, 0) is 38.5 Å². The summed E-state index contributed by atoms with van der Waals surface area (Å²) in [4.78, 5) is 37.7. The van der Waals surface area contributed by atoms with Crippen molar-refractivity contribution in [1.82, 2.24) is 0 Å². The van der Waals surface area contributed by atoms with Gasteiger partial charge in [0.15, 0.2) is 6.10 Å². The first kappa shape index (κ1) is 60.8. The molecule has 0 aliphatic rings. The molecule has 0 spiro atoms. The third-order valence-corrected chi connectivity index (χ3v) is 12.7. The van der Waals surface area contributed by atoms with Gasteiger partial charge in [0.2, 0.25) is 0 Å².